The molecule has 4 aromatic rings. The Morgan fingerprint density at radius 3 is 1.19 bits per heavy atom. The highest BCUT2D eigenvalue weighted by Gasteiger charge is 2.39. The van der Waals surface area contributed by atoms with Crippen molar-refractivity contribution in [2.75, 3.05) is 6.66 Å². The van der Waals surface area contributed by atoms with E-state index in [0.717, 1.165) is 4.67 Å². The number of halogens is 1. The van der Waals surface area contributed by atoms with Gasteiger partial charge in [0.25, 0.3) is 0 Å². The fourth-order valence-corrected chi connectivity index (χ4v) is 6.34. The molecule has 3 heteroatoms. The minimum absolute atomic E-state index is 0.780. The summed E-state index contributed by atoms with van der Waals surface area (Å²) in [5, 5.41) is 4.28. The molecule has 0 aliphatic rings. The van der Waals surface area contributed by atoms with Crippen molar-refractivity contribution in [2.45, 2.75) is 0 Å². The standard InChI is InChI=1S/C19H18P.C4H3BrO/c1-20(17-11-5-2-6-12-17,18-13-7-3-8-14-18)19-15-9-4-10-16-19;5-4-2-1-3-6-4/h2-16H,1H3;1-3H/q+1;. The third-order valence-electron chi connectivity index (χ3n) is 4.30. The van der Waals surface area contributed by atoms with Gasteiger partial charge in [-0.1, -0.05) is 54.6 Å². The lowest BCUT2D eigenvalue weighted by Gasteiger charge is -2.22. The summed E-state index contributed by atoms with van der Waals surface area (Å²) in [5.41, 5.74) is 0. The molecule has 0 fully saturated rings. The monoisotopic (exact) mass is 423 g/mol. The van der Waals surface area contributed by atoms with Gasteiger partial charge in [0, 0.05) is 0 Å². The first-order valence-electron chi connectivity index (χ1n) is 8.43. The van der Waals surface area contributed by atoms with Crippen LogP contribution in [-0.4, -0.2) is 6.66 Å². The summed E-state index contributed by atoms with van der Waals surface area (Å²) in [6, 6.07) is 36.3. The lowest BCUT2D eigenvalue weighted by atomic mass is 10.4. The van der Waals surface area contributed by atoms with Crippen LogP contribution in [0, 0.1) is 0 Å². The first-order valence-corrected chi connectivity index (χ1v) is 11.5. The molecule has 0 saturated carbocycles. The summed E-state index contributed by atoms with van der Waals surface area (Å²) in [5.74, 6) is 0. The molecule has 4 rings (SSSR count). The topological polar surface area (TPSA) is 13.1 Å². The summed E-state index contributed by atoms with van der Waals surface area (Å²) in [4.78, 5) is 0. The molecule has 0 spiro atoms. The molecule has 0 unspecified atom stereocenters. The van der Waals surface area contributed by atoms with E-state index in [9.17, 15) is 0 Å². The van der Waals surface area contributed by atoms with Crippen LogP contribution in [0.3, 0.4) is 0 Å². The zero-order valence-electron chi connectivity index (χ0n) is 14.6. The number of furan rings is 1. The normalized spacial score (nSPS) is 10.7. The predicted octanol–water partition coefficient (Wildman–Crippen LogP) is 5.65. The van der Waals surface area contributed by atoms with Crippen LogP contribution in [0.2, 0.25) is 0 Å². The average molecular weight is 424 g/mol. The van der Waals surface area contributed by atoms with E-state index < -0.39 is 7.26 Å². The molecule has 26 heavy (non-hydrogen) atoms. The van der Waals surface area contributed by atoms with Gasteiger partial charge in [-0.25, -0.2) is 0 Å². The van der Waals surface area contributed by atoms with E-state index in [0.29, 0.717) is 0 Å². The molecule has 0 atom stereocenters. The zero-order chi connectivity index (χ0) is 18.2. The maximum Gasteiger partial charge on any atom is 0.168 e. The molecule has 0 saturated heterocycles. The van der Waals surface area contributed by atoms with E-state index in [4.69, 9.17) is 4.42 Å². The Morgan fingerprint density at radius 2 is 0.962 bits per heavy atom. The molecule has 3 aromatic carbocycles. The van der Waals surface area contributed by atoms with Gasteiger partial charge in [-0.15, -0.1) is 0 Å². The fraction of sp³-hybridized carbons (Fsp3) is 0.0435. The summed E-state index contributed by atoms with van der Waals surface area (Å²) >= 11 is 3.11. The molecule has 1 heterocycles. The molecule has 0 amide bonds. The highest BCUT2D eigenvalue weighted by Crippen LogP contribution is 2.51. The Kier molecular flexibility index (Phi) is 6.44. The van der Waals surface area contributed by atoms with Crippen LogP contribution in [-0.2, 0) is 0 Å². The van der Waals surface area contributed by atoms with Crippen molar-refractivity contribution in [2.24, 2.45) is 0 Å². The van der Waals surface area contributed by atoms with E-state index in [-0.39, 0.29) is 0 Å². The lowest BCUT2D eigenvalue weighted by molar-refractivity contribution is 0.541. The smallest absolute Gasteiger partial charge is 0.168 e. The molecule has 0 aliphatic heterocycles. The maximum atomic E-state index is 4.75. The fourth-order valence-electron chi connectivity index (χ4n) is 2.88. The van der Waals surface area contributed by atoms with E-state index >= 15 is 0 Å². The van der Waals surface area contributed by atoms with Crippen LogP contribution < -0.4 is 15.9 Å². The van der Waals surface area contributed by atoms with Crippen molar-refractivity contribution < 1.29 is 4.42 Å². The Bertz CT molecular complexity index is 794. The molecule has 0 N–H and O–H groups in total. The third-order valence-corrected chi connectivity index (χ3v) is 8.75. The molecule has 0 radical (unpaired) electrons. The Labute approximate surface area is 164 Å². The second-order valence-corrected chi connectivity index (χ2v) is 10.3. The van der Waals surface area contributed by atoms with Gasteiger partial charge in [0.1, 0.15) is 23.2 Å². The van der Waals surface area contributed by atoms with E-state index in [1.807, 2.05) is 12.1 Å². The second kappa shape index (κ2) is 8.98. The predicted molar refractivity (Wildman–Crippen MR) is 117 cm³/mol. The highest BCUT2D eigenvalue weighted by molar-refractivity contribution is 9.10. The van der Waals surface area contributed by atoms with Gasteiger partial charge in [0.15, 0.2) is 4.67 Å². The van der Waals surface area contributed by atoms with Crippen LogP contribution in [0.15, 0.2) is 118 Å². The number of hydrogen-bond acceptors (Lipinski definition) is 1. The lowest BCUT2D eigenvalue weighted by Crippen LogP contribution is -2.30. The Hall–Kier alpha value is -2.15. The quantitative estimate of drug-likeness (QED) is 0.388. The first kappa shape index (κ1) is 18.6. The average Bonchev–Trinajstić information content (AvgIpc) is 3.21. The van der Waals surface area contributed by atoms with E-state index in [2.05, 4.69) is 114 Å². The largest absolute Gasteiger partial charge is 0.458 e. The van der Waals surface area contributed by atoms with Gasteiger partial charge in [-0.3, -0.25) is 0 Å². The van der Waals surface area contributed by atoms with Crippen molar-refractivity contribution in [3.63, 3.8) is 0 Å². The molecule has 1 nitrogen and oxygen atoms in total. The molecule has 0 aliphatic carbocycles. The van der Waals surface area contributed by atoms with Gasteiger partial charge in [-0.2, -0.15) is 0 Å². The summed E-state index contributed by atoms with van der Waals surface area (Å²) < 4.78 is 5.53. The van der Waals surface area contributed by atoms with Crippen molar-refractivity contribution in [3.05, 3.63) is 114 Å². The molecular formula is C23H21BrOP+. The van der Waals surface area contributed by atoms with Crippen LogP contribution in [0.5, 0.6) is 0 Å². The van der Waals surface area contributed by atoms with Crippen LogP contribution in [0.25, 0.3) is 0 Å². The van der Waals surface area contributed by atoms with Gasteiger partial charge in [0.2, 0.25) is 0 Å². The zero-order valence-corrected chi connectivity index (χ0v) is 17.1. The summed E-state index contributed by atoms with van der Waals surface area (Å²) in [6.45, 7) is 2.41. The third kappa shape index (κ3) is 4.33. The van der Waals surface area contributed by atoms with Crippen molar-refractivity contribution in [3.8, 4) is 0 Å². The second-order valence-electron chi connectivity index (χ2n) is 5.93. The highest BCUT2D eigenvalue weighted by atomic mass is 79.9. The SMILES string of the molecule is Brc1ccco1.C[P+](c1ccccc1)(c1ccccc1)c1ccccc1. The Balaban J connectivity index is 0.000000278. The first-order chi connectivity index (χ1) is 12.7. The van der Waals surface area contributed by atoms with E-state index in [1.54, 1.807) is 6.26 Å². The minimum atomic E-state index is -1.53. The molecule has 1 aromatic heterocycles. The van der Waals surface area contributed by atoms with Gasteiger partial charge in [0.05, 0.1) is 12.9 Å². The van der Waals surface area contributed by atoms with E-state index in [1.165, 1.54) is 15.9 Å². The molecule has 0 bridgehead atoms. The molecule has 130 valence electrons. The van der Waals surface area contributed by atoms with Gasteiger partial charge >= 0.3 is 0 Å². The summed E-state index contributed by atoms with van der Waals surface area (Å²) in [6.07, 6.45) is 1.62. The van der Waals surface area contributed by atoms with Crippen molar-refractivity contribution >= 4 is 39.1 Å². The number of rotatable bonds is 3. The van der Waals surface area contributed by atoms with Crippen molar-refractivity contribution in [1.29, 1.82) is 0 Å². The number of hydrogen-bond donors (Lipinski definition) is 0. The maximum absolute atomic E-state index is 4.75. The molecular weight excluding hydrogens is 403 g/mol. The minimum Gasteiger partial charge on any atom is -0.458 e. The summed E-state index contributed by atoms with van der Waals surface area (Å²) in [7, 11) is -1.53. The van der Waals surface area contributed by atoms with Gasteiger partial charge < -0.3 is 4.42 Å². The van der Waals surface area contributed by atoms with Crippen LogP contribution in [0.1, 0.15) is 0 Å². The van der Waals surface area contributed by atoms with Crippen LogP contribution in [0.4, 0.5) is 0 Å². The van der Waals surface area contributed by atoms with Gasteiger partial charge in [-0.05, 0) is 64.5 Å². The van der Waals surface area contributed by atoms with Crippen LogP contribution >= 0.6 is 23.2 Å². The van der Waals surface area contributed by atoms with Crippen molar-refractivity contribution in [1.82, 2.24) is 0 Å². The Morgan fingerprint density at radius 1 is 0.577 bits per heavy atom. The number of benzene rings is 3.